The Labute approximate surface area is 105 Å². The Kier molecular flexibility index (Phi) is 6.06. The van der Waals surface area contributed by atoms with Crippen LogP contribution in [0.5, 0.6) is 5.75 Å². The molecule has 2 heteroatoms. The van der Waals surface area contributed by atoms with Crippen LogP contribution in [0.2, 0.25) is 0 Å². The summed E-state index contributed by atoms with van der Waals surface area (Å²) in [6.45, 7) is 7.35. The third-order valence-corrected chi connectivity index (χ3v) is 2.84. The predicted octanol–water partition coefficient (Wildman–Crippen LogP) is 3.91. The minimum atomic E-state index is 0.151. The quantitative estimate of drug-likeness (QED) is 0.777. The standard InChI is InChI=1S/C15H25NO/c1-4-11-17-14-8-6-13(7-9-14)15(16)10-5-12(2)3/h6-9,12,15H,4-5,10-11,16H2,1-3H3. The summed E-state index contributed by atoms with van der Waals surface area (Å²) in [5.41, 5.74) is 7.36. The second-order valence-corrected chi connectivity index (χ2v) is 5.00. The lowest BCUT2D eigenvalue weighted by atomic mass is 9.98. The van der Waals surface area contributed by atoms with Crippen LogP contribution in [0.15, 0.2) is 24.3 Å². The monoisotopic (exact) mass is 235 g/mol. The molecule has 0 radical (unpaired) electrons. The highest BCUT2D eigenvalue weighted by Crippen LogP contribution is 2.21. The van der Waals surface area contributed by atoms with Crippen LogP contribution >= 0.6 is 0 Å². The topological polar surface area (TPSA) is 35.2 Å². The van der Waals surface area contributed by atoms with Gasteiger partial charge in [0.25, 0.3) is 0 Å². The van der Waals surface area contributed by atoms with Crippen molar-refractivity contribution in [3.63, 3.8) is 0 Å². The molecule has 0 aliphatic heterocycles. The zero-order valence-electron chi connectivity index (χ0n) is 11.3. The second kappa shape index (κ2) is 7.33. The molecule has 0 amide bonds. The third-order valence-electron chi connectivity index (χ3n) is 2.84. The average molecular weight is 235 g/mol. The molecule has 0 aromatic heterocycles. The fourth-order valence-electron chi connectivity index (χ4n) is 1.71. The van der Waals surface area contributed by atoms with Crippen molar-refractivity contribution < 1.29 is 4.74 Å². The van der Waals surface area contributed by atoms with E-state index in [0.717, 1.165) is 25.2 Å². The van der Waals surface area contributed by atoms with E-state index in [4.69, 9.17) is 10.5 Å². The van der Waals surface area contributed by atoms with E-state index in [0.29, 0.717) is 5.92 Å². The van der Waals surface area contributed by atoms with Gasteiger partial charge in [-0.05, 0) is 42.9 Å². The molecule has 1 rings (SSSR count). The van der Waals surface area contributed by atoms with Crippen LogP contribution in [0.4, 0.5) is 0 Å². The lowest BCUT2D eigenvalue weighted by molar-refractivity contribution is 0.317. The van der Waals surface area contributed by atoms with E-state index in [1.165, 1.54) is 12.0 Å². The Morgan fingerprint density at radius 3 is 2.29 bits per heavy atom. The van der Waals surface area contributed by atoms with Crippen LogP contribution in [0.25, 0.3) is 0 Å². The van der Waals surface area contributed by atoms with Gasteiger partial charge in [-0.2, -0.15) is 0 Å². The molecule has 2 N–H and O–H groups in total. The Balaban J connectivity index is 2.48. The van der Waals surface area contributed by atoms with E-state index in [1.807, 2.05) is 12.1 Å². The van der Waals surface area contributed by atoms with E-state index in [-0.39, 0.29) is 6.04 Å². The summed E-state index contributed by atoms with van der Waals surface area (Å²) in [7, 11) is 0. The van der Waals surface area contributed by atoms with Crippen molar-refractivity contribution in [3.8, 4) is 5.75 Å². The Morgan fingerprint density at radius 2 is 1.76 bits per heavy atom. The minimum absolute atomic E-state index is 0.151. The summed E-state index contributed by atoms with van der Waals surface area (Å²) in [5, 5.41) is 0. The summed E-state index contributed by atoms with van der Waals surface area (Å²) in [4.78, 5) is 0. The number of benzene rings is 1. The molecule has 17 heavy (non-hydrogen) atoms. The van der Waals surface area contributed by atoms with Crippen LogP contribution in [0.1, 0.15) is 51.6 Å². The molecule has 1 atom stereocenters. The molecule has 1 unspecified atom stereocenters. The van der Waals surface area contributed by atoms with Crippen LogP contribution < -0.4 is 10.5 Å². The molecule has 96 valence electrons. The van der Waals surface area contributed by atoms with Crippen molar-refractivity contribution >= 4 is 0 Å². The summed E-state index contributed by atoms with van der Waals surface area (Å²) < 4.78 is 5.55. The average Bonchev–Trinajstić information content (AvgIpc) is 2.34. The minimum Gasteiger partial charge on any atom is -0.494 e. The molecule has 0 spiro atoms. The lowest BCUT2D eigenvalue weighted by Crippen LogP contribution is -2.11. The molecule has 0 fully saturated rings. The highest BCUT2D eigenvalue weighted by atomic mass is 16.5. The van der Waals surface area contributed by atoms with Gasteiger partial charge in [0.1, 0.15) is 5.75 Å². The molecule has 0 saturated carbocycles. The first kappa shape index (κ1) is 14.0. The van der Waals surface area contributed by atoms with Crippen molar-refractivity contribution in [2.45, 2.75) is 46.1 Å². The molecule has 0 bridgehead atoms. The molecule has 0 aliphatic carbocycles. The Morgan fingerprint density at radius 1 is 1.12 bits per heavy atom. The van der Waals surface area contributed by atoms with Crippen molar-refractivity contribution in [1.29, 1.82) is 0 Å². The predicted molar refractivity (Wildman–Crippen MR) is 73.2 cm³/mol. The Hall–Kier alpha value is -1.02. The molecule has 1 aromatic rings. The first-order chi connectivity index (χ1) is 8.13. The van der Waals surface area contributed by atoms with Gasteiger partial charge in [0.05, 0.1) is 6.61 Å². The maximum atomic E-state index is 6.15. The fraction of sp³-hybridized carbons (Fsp3) is 0.600. The largest absolute Gasteiger partial charge is 0.494 e. The molecular formula is C15H25NO. The maximum absolute atomic E-state index is 6.15. The van der Waals surface area contributed by atoms with Gasteiger partial charge < -0.3 is 10.5 Å². The summed E-state index contributed by atoms with van der Waals surface area (Å²) in [6.07, 6.45) is 3.26. The van der Waals surface area contributed by atoms with Crippen molar-refractivity contribution in [1.82, 2.24) is 0 Å². The van der Waals surface area contributed by atoms with Gasteiger partial charge in [-0.3, -0.25) is 0 Å². The molecule has 0 aliphatic rings. The van der Waals surface area contributed by atoms with Gasteiger partial charge in [-0.15, -0.1) is 0 Å². The summed E-state index contributed by atoms with van der Waals surface area (Å²) >= 11 is 0. The van der Waals surface area contributed by atoms with E-state index in [2.05, 4.69) is 32.9 Å². The molecule has 1 aromatic carbocycles. The van der Waals surface area contributed by atoms with E-state index >= 15 is 0 Å². The van der Waals surface area contributed by atoms with Gasteiger partial charge in [0.15, 0.2) is 0 Å². The number of ether oxygens (including phenoxy) is 1. The zero-order chi connectivity index (χ0) is 12.7. The van der Waals surface area contributed by atoms with Crippen molar-refractivity contribution in [2.24, 2.45) is 11.7 Å². The normalized spacial score (nSPS) is 12.8. The SMILES string of the molecule is CCCOc1ccc(C(N)CCC(C)C)cc1. The third kappa shape index (κ3) is 5.22. The zero-order valence-corrected chi connectivity index (χ0v) is 11.3. The van der Waals surface area contributed by atoms with E-state index < -0.39 is 0 Å². The summed E-state index contributed by atoms with van der Waals surface area (Å²) in [6, 6.07) is 8.34. The smallest absolute Gasteiger partial charge is 0.119 e. The molecular weight excluding hydrogens is 210 g/mol. The number of hydrogen-bond acceptors (Lipinski definition) is 2. The van der Waals surface area contributed by atoms with Gasteiger partial charge in [-0.25, -0.2) is 0 Å². The maximum Gasteiger partial charge on any atom is 0.119 e. The number of rotatable bonds is 7. The first-order valence-corrected chi connectivity index (χ1v) is 6.61. The molecule has 0 saturated heterocycles. The summed E-state index contributed by atoms with van der Waals surface area (Å²) in [5.74, 6) is 1.65. The van der Waals surface area contributed by atoms with Crippen LogP contribution in [-0.2, 0) is 0 Å². The highest BCUT2D eigenvalue weighted by Gasteiger charge is 2.07. The molecule has 0 heterocycles. The van der Waals surface area contributed by atoms with Crippen LogP contribution in [0.3, 0.4) is 0 Å². The van der Waals surface area contributed by atoms with Gasteiger partial charge in [0.2, 0.25) is 0 Å². The first-order valence-electron chi connectivity index (χ1n) is 6.61. The van der Waals surface area contributed by atoms with Crippen LogP contribution in [-0.4, -0.2) is 6.61 Å². The van der Waals surface area contributed by atoms with Crippen LogP contribution in [0, 0.1) is 5.92 Å². The van der Waals surface area contributed by atoms with E-state index in [1.54, 1.807) is 0 Å². The number of nitrogens with two attached hydrogens (primary N) is 1. The van der Waals surface area contributed by atoms with Crippen molar-refractivity contribution in [3.05, 3.63) is 29.8 Å². The number of hydrogen-bond donors (Lipinski definition) is 1. The lowest BCUT2D eigenvalue weighted by Gasteiger charge is -2.14. The molecule has 2 nitrogen and oxygen atoms in total. The van der Waals surface area contributed by atoms with E-state index in [9.17, 15) is 0 Å². The fourth-order valence-corrected chi connectivity index (χ4v) is 1.71. The van der Waals surface area contributed by atoms with Gasteiger partial charge >= 0.3 is 0 Å². The van der Waals surface area contributed by atoms with Gasteiger partial charge in [0, 0.05) is 6.04 Å². The second-order valence-electron chi connectivity index (χ2n) is 5.00. The van der Waals surface area contributed by atoms with Gasteiger partial charge in [-0.1, -0.05) is 32.9 Å². The Bertz CT molecular complexity index is 305. The highest BCUT2D eigenvalue weighted by molar-refractivity contribution is 5.29. The van der Waals surface area contributed by atoms with Crippen molar-refractivity contribution in [2.75, 3.05) is 6.61 Å².